The van der Waals surface area contributed by atoms with Crippen molar-refractivity contribution in [3.63, 3.8) is 0 Å². The zero-order chi connectivity index (χ0) is 13.4. The highest BCUT2D eigenvalue weighted by atomic mass is 32.1. The molecule has 0 aliphatic heterocycles. The van der Waals surface area contributed by atoms with Crippen LogP contribution in [0, 0.1) is 5.92 Å². The van der Waals surface area contributed by atoms with Crippen LogP contribution in [0.2, 0.25) is 0 Å². The lowest BCUT2D eigenvalue weighted by atomic mass is 10.1. The average molecular weight is 260 g/mol. The van der Waals surface area contributed by atoms with E-state index in [-0.39, 0.29) is 17.4 Å². The molecule has 0 radical (unpaired) electrons. The summed E-state index contributed by atoms with van der Waals surface area (Å²) in [6.07, 6.45) is 0.535. The maximum Gasteiger partial charge on any atom is 0.325 e. The number of nitrogens with two attached hydrogens (primary N) is 1. The van der Waals surface area contributed by atoms with Gasteiger partial charge in [0.15, 0.2) is 0 Å². The summed E-state index contributed by atoms with van der Waals surface area (Å²) >= 11 is 4.84. The van der Waals surface area contributed by atoms with E-state index in [4.69, 9.17) is 22.7 Å². The molecule has 6 heteroatoms. The molecule has 5 nitrogen and oxygen atoms in total. The molecular weight excluding hydrogens is 240 g/mol. The first-order valence-corrected chi connectivity index (χ1v) is 6.12. The number of rotatable bonds is 7. The molecule has 0 aromatic carbocycles. The van der Waals surface area contributed by atoms with Crippen LogP contribution in [0.4, 0.5) is 0 Å². The number of nitrogens with zero attached hydrogens (tertiary/aromatic N) is 1. The van der Waals surface area contributed by atoms with Crippen LogP contribution in [0.5, 0.6) is 0 Å². The molecule has 0 heterocycles. The molecule has 1 amide bonds. The summed E-state index contributed by atoms with van der Waals surface area (Å²) in [6.45, 7) is 6.03. The largest absolute Gasteiger partial charge is 0.465 e. The van der Waals surface area contributed by atoms with Crippen LogP contribution in [0.15, 0.2) is 0 Å². The fourth-order valence-electron chi connectivity index (χ4n) is 1.43. The van der Waals surface area contributed by atoms with Gasteiger partial charge in [-0.1, -0.05) is 19.1 Å². The van der Waals surface area contributed by atoms with Gasteiger partial charge in [-0.05, 0) is 20.3 Å². The Kier molecular flexibility index (Phi) is 7.45. The van der Waals surface area contributed by atoms with Crippen LogP contribution in [-0.4, -0.2) is 41.5 Å². The fraction of sp³-hybridized carbons (Fsp3) is 0.727. The minimum atomic E-state index is -0.501. The molecule has 0 spiro atoms. The first kappa shape index (κ1) is 15.8. The van der Waals surface area contributed by atoms with Crippen molar-refractivity contribution in [3.05, 3.63) is 0 Å². The van der Waals surface area contributed by atoms with Crippen LogP contribution in [0.3, 0.4) is 0 Å². The molecule has 0 bridgehead atoms. The average Bonchev–Trinajstić information content (AvgIpc) is 2.26. The van der Waals surface area contributed by atoms with Crippen LogP contribution in [0.1, 0.15) is 27.2 Å². The maximum absolute atomic E-state index is 12.0. The minimum absolute atomic E-state index is 0.0533. The predicted molar refractivity (Wildman–Crippen MR) is 69.5 cm³/mol. The van der Waals surface area contributed by atoms with Crippen molar-refractivity contribution >= 4 is 29.1 Å². The molecule has 2 N–H and O–H groups in total. The van der Waals surface area contributed by atoms with Crippen molar-refractivity contribution in [2.24, 2.45) is 11.7 Å². The number of carbonyl (C=O) groups excluding carboxylic acids is 2. The molecule has 0 aromatic rings. The molecule has 98 valence electrons. The van der Waals surface area contributed by atoms with Crippen molar-refractivity contribution < 1.29 is 14.3 Å². The van der Waals surface area contributed by atoms with E-state index in [1.165, 1.54) is 4.90 Å². The molecule has 0 aliphatic carbocycles. The molecular formula is C11H20N2O3S. The number of amides is 1. The molecule has 0 saturated carbocycles. The summed E-state index contributed by atoms with van der Waals surface area (Å²) in [6, 6.07) is 0. The molecule has 0 saturated heterocycles. The topological polar surface area (TPSA) is 72.6 Å². The molecule has 0 fully saturated rings. The molecule has 17 heavy (non-hydrogen) atoms. The highest BCUT2D eigenvalue weighted by Crippen LogP contribution is 2.08. The van der Waals surface area contributed by atoms with Gasteiger partial charge < -0.3 is 15.4 Å². The second-order valence-corrected chi connectivity index (χ2v) is 3.99. The van der Waals surface area contributed by atoms with E-state index in [2.05, 4.69) is 0 Å². The Morgan fingerprint density at radius 3 is 2.29 bits per heavy atom. The quantitative estimate of drug-likeness (QED) is 0.539. The Labute approximate surface area is 107 Å². The van der Waals surface area contributed by atoms with E-state index in [9.17, 15) is 9.59 Å². The minimum Gasteiger partial charge on any atom is -0.465 e. The number of esters is 1. The zero-order valence-corrected chi connectivity index (χ0v) is 11.4. The smallest absolute Gasteiger partial charge is 0.325 e. The van der Waals surface area contributed by atoms with Crippen molar-refractivity contribution in [1.29, 1.82) is 0 Å². The second-order valence-electron chi connectivity index (χ2n) is 3.52. The van der Waals surface area contributed by atoms with Crippen molar-refractivity contribution in [3.8, 4) is 0 Å². The van der Waals surface area contributed by atoms with E-state index >= 15 is 0 Å². The second kappa shape index (κ2) is 8.00. The van der Waals surface area contributed by atoms with Crippen LogP contribution in [0.25, 0.3) is 0 Å². The molecule has 0 aliphatic rings. The van der Waals surface area contributed by atoms with Gasteiger partial charge in [0, 0.05) is 6.54 Å². The van der Waals surface area contributed by atoms with E-state index in [1.54, 1.807) is 13.8 Å². The zero-order valence-electron chi connectivity index (χ0n) is 10.6. The van der Waals surface area contributed by atoms with Gasteiger partial charge in [0.1, 0.15) is 6.54 Å². The Morgan fingerprint density at radius 1 is 1.35 bits per heavy atom. The van der Waals surface area contributed by atoms with E-state index in [0.717, 1.165) is 0 Å². The summed E-state index contributed by atoms with van der Waals surface area (Å²) in [5, 5.41) is 0. The van der Waals surface area contributed by atoms with E-state index < -0.39 is 11.9 Å². The van der Waals surface area contributed by atoms with Gasteiger partial charge in [-0.25, -0.2) is 0 Å². The van der Waals surface area contributed by atoms with Gasteiger partial charge >= 0.3 is 5.97 Å². The summed E-state index contributed by atoms with van der Waals surface area (Å²) in [5.41, 5.74) is 5.50. The molecule has 1 unspecified atom stereocenters. The van der Waals surface area contributed by atoms with Crippen molar-refractivity contribution in [2.45, 2.75) is 27.2 Å². The van der Waals surface area contributed by atoms with Crippen molar-refractivity contribution in [2.75, 3.05) is 19.7 Å². The Balaban J connectivity index is 4.59. The third-order valence-electron chi connectivity index (χ3n) is 2.37. The lowest BCUT2D eigenvalue weighted by Crippen LogP contribution is -2.43. The third kappa shape index (κ3) is 5.12. The molecule has 1 atom stereocenters. The summed E-state index contributed by atoms with van der Waals surface area (Å²) in [5.74, 6) is -1.13. The fourth-order valence-corrected chi connectivity index (χ4v) is 1.69. The molecule has 0 aromatic heterocycles. The lowest BCUT2D eigenvalue weighted by molar-refractivity contribution is -0.149. The summed E-state index contributed by atoms with van der Waals surface area (Å²) < 4.78 is 4.80. The van der Waals surface area contributed by atoms with Gasteiger partial charge in [-0.3, -0.25) is 9.59 Å². The first-order valence-electron chi connectivity index (χ1n) is 5.71. The lowest BCUT2D eigenvalue weighted by Gasteiger charge is -2.24. The Morgan fingerprint density at radius 2 is 1.94 bits per heavy atom. The number of hydrogen-bond acceptors (Lipinski definition) is 4. The summed E-state index contributed by atoms with van der Waals surface area (Å²) in [7, 11) is 0. The van der Waals surface area contributed by atoms with Crippen LogP contribution in [-0.2, 0) is 14.3 Å². The van der Waals surface area contributed by atoms with Gasteiger partial charge in [0.25, 0.3) is 0 Å². The first-order chi connectivity index (χ1) is 7.97. The number of hydrogen-bond donors (Lipinski definition) is 1. The monoisotopic (exact) mass is 260 g/mol. The number of carbonyl (C=O) groups is 2. The van der Waals surface area contributed by atoms with E-state index in [0.29, 0.717) is 19.6 Å². The number of thiocarbonyl (C=S) groups is 1. The summed E-state index contributed by atoms with van der Waals surface area (Å²) in [4.78, 5) is 24.9. The van der Waals surface area contributed by atoms with Gasteiger partial charge in [-0.2, -0.15) is 0 Å². The van der Waals surface area contributed by atoms with Crippen molar-refractivity contribution in [1.82, 2.24) is 4.90 Å². The van der Waals surface area contributed by atoms with Gasteiger partial charge in [0.2, 0.25) is 5.91 Å². The standard InChI is InChI=1S/C11H20N2O3S/c1-4-8(10(12)17)11(15)13(5-2)7-9(14)16-6-3/h8H,4-7H2,1-3H3,(H2,12,17). The highest BCUT2D eigenvalue weighted by molar-refractivity contribution is 7.80. The number of likely N-dealkylation sites (N-methyl/N-ethyl adjacent to an activating group) is 1. The van der Waals surface area contributed by atoms with Gasteiger partial charge in [-0.15, -0.1) is 0 Å². The van der Waals surface area contributed by atoms with Crippen LogP contribution >= 0.6 is 12.2 Å². The third-order valence-corrected chi connectivity index (χ3v) is 2.65. The normalized spacial score (nSPS) is 11.7. The number of ether oxygens (including phenoxy) is 1. The van der Waals surface area contributed by atoms with Crippen LogP contribution < -0.4 is 5.73 Å². The van der Waals surface area contributed by atoms with E-state index in [1.807, 2.05) is 6.92 Å². The Hall–Kier alpha value is -1.17. The van der Waals surface area contributed by atoms with Gasteiger partial charge in [0.05, 0.1) is 17.5 Å². The SMILES string of the molecule is CCOC(=O)CN(CC)C(=O)C(CC)C(N)=S. The highest BCUT2D eigenvalue weighted by Gasteiger charge is 2.25. The maximum atomic E-state index is 12.0. The predicted octanol–water partition coefficient (Wildman–Crippen LogP) is 0.710. The Bertz CT molecular complexity index is 294. The molecule has 0 rings (SSSR count).